The third-order valence-electron chi connectivity index (χ3n) is 9.48. The number of aryl methyl sites for hydroxylation is 2. The fraction of sp³-hybridized carbons (Fsp3) is 0.316. The summed E-state index contributed by atoms with van der Waals surface area (Å²) in [5.41, 5.74) is 6.27. The lowest BCUT2D eigenvalue weighted by molar-refractivity contribution is -0.138. The van der Waals surface area contributed by atoms with E-state index in [1.807, 2.05) is 0 Å². The Hall–Kier alpha value is -6.58. The number of allylic oxidation sites excluding steroid dienone is 4. The molecule has 0 atom stereocenters. The van der Waals surface area contributed by atoms with Crippen LogP contribution >= 0.6 is 0 Å². The van der Waals surface area contributed by atoms with Gasteiger partial charge in [-0.3, -0.25) is 28.8 Å². The number of aromatic nitrogens is 4. The van der Waals surface area contributed by atoms with E-state index < -0.39 is 48.7 Å². The van der Waals surface area contributed by atoms with E-state index in [9.17, 15) is 59.4 Å². The van der Waals surface area contributed by atoms with Gasteiger partial charge < -0.3 is 40.6 Å². The Morgan fingerprint density at radius 2 is 0.778 bits per heavy atom. The molecular weight excluding hydrogens is 704 g/mol. The number of carboxylic acid groups (broad SMARTS) is 6. The molecule has 0 radical (unpaired) electrons. The fourth-order valence-corrected chi connectivity index (χ4v) is 6.89. The van der Waals surface area contributed by atoms with Crippen LogP contribution in [0, 0.1) is 0 Å². The summed E-state index contributed by atoms with van der Waals surface area (Å²) in [6.45, 7) is 3.52. The van der Waals surface area contributed by atoms with Crippen molar-refractivity contribution in [3.8, 4) is 0 Å². The van der Waals surface area contributed by atoms with E-state index in [2.05, 4.69) is 9.97 Å². The number of fused-ring (bicyclic) bond motifs is 8. The number of nitrogens with one attached hydrogen (secondary N) is 2. The number of carboxylic acids is 6. The molecule has 0 saturated heterocycles. The standard InChI is InChI=1S/C38H38N4O12/c1-17-19(3-7-33(43)44)27-13-25-18(2)20(4-8-34(45)46)28(40-25)15-30-22(6-10-36(49)50)24(12-38(53)54)32(42-30)16-31-23(11-37(51)52)21(5-9-35(47)48)29(41-31)14-26(17)39-27/h13-16,41-42H,3-12H2,1-2H3,(H,43,44)(H,45,46)(H,47,48)(H,49,50)(H,51,52)(H,53,54). The van der Waals surface area contributed by atoms with E-state index >= 15 is 0 Å². The number of hydrogen-bond donors (Lipinski definition) is 8. The molecule has 3 aromatic rings. The van der Waals surface area contributed by atoms with Crippen molar-refractivity contribution in [3.05, 3.63) is 69.3 Å². The van der Waals surface area contributed by atoms with Crippen LogP contribution in [0.2, 0.25) is 0 Å². The van der Waals surface area contributed by atoms with E-state index in [1.165, 1.54) is 6.07 Å². The summed E-state index contributed by atoms with van der Waals surface area (Å²) < 4.78 is 0. The lowest BCUT2D eigenvalue weighted by Crippen LogP contribution is -2.05. The predicted molar refractivity (Wildman–Crippen MR) is 194 cm³/mol. The molecule has 0 fully saturated rings. The molecule has 0 aromatic carbocycles. The second kappa shape index (κ2) is 16.0. The van der Waals surface area contributed by atoms with Gasteiger partial charge in [0.05, 0.1) is 35.6 Å². The van der Waals surface area contributed by atoms with Crippen molar-refractivity contribution in [2.45, 2.75) is 78.1 Å². The summed E-state index contributed by atoms with van der Waals surface area (Å²) in [6, 6.07) is 6.40. The molecule has 3 aromatic heterocycles. The minimum atomic E-state index is -1.22. The molecule has 0 amide bonds. The Balaban J connectivity index is 2.01. The predicted octanol–water partition coefficient (Wildman–Crippen LogP) is 5.19. The van der Waals surface area contributed by atoms with Crippen LogP contribution in [0.15, 0.2) is 24.3 Å². The summed E-state index contributed by atoms with van der Waals surface area (Å²) in [5.74, 6) is -6.80. The van der Waals surface area contributed by atoms with Crippen LogP contribution in [0.4, 0.5) is 0 Å². The van der Waals surface area contributed by atoms with Crippen molar-refractivity contribution in [1.82, 2.24) is 19.9 Å². The molecule has 16 heteroatoms. The van der Waals surface area contributed by atoms with Crippen LogP contribution in [0.1, 0.15) is 97.4 Å². The highest BCUT2D eigenvalue weighted by Gasteiger charge is 2.24. The molecule has 8 bridgehead atoms. The van der Waals surface area contributed by atoms with Crippen LogP contribution < -0.4 is 0 Å². The zero-order valence-electron chi connectivity index (χ0n) is 29.4. The van der Waals surface area contributed by atoms with E-state index in [0.29, 0.717) is 67.2 Å². The average Bonchev–Trinajstić information content (AvgIpc) is 3.74. The van der Waals surface area contributed by atoms with Gasteiger partial charge in [0.25, 0.3) is 0 Å². The molecule has 2 aliphatic heterocycles. The number of H-pyrrole nitrogens is 2. The molecule has 0 spiro atoms. The molecule has 16 nitrogen and oxygen atoms in total. The van der Waals surface area contributed by atoms with Gasteiger partial charge in [-0.25, -0.2) is 9.97 Å². The summed E-state index contributed by atoms with van der Waals surface area (Å²) in [5, 5.41) is 58.2. The van der Waals surface area contributed by atoms with Gasteiger partial charge in [-0.05, 0) is 108 Å². The van der Waals surface area contributed by atoms with Gasteiger partial charge in [-0.2, -0.15) is 0 Å². The SMILES string of the molecule is CC1=C(CCC(=O)O)c2cc3nc(cc4[nH]c(cc5[nH]c(cc1n2)c(CCC(=O)O)c5CC(=O)O)c(CC(=O)O)c4CCC(=O)O)C(CCC(=O)O)=C3C. The number of hydrogen-bond acceptors (Lipinski definition) is 8. The van der Waals surface area contributed by atoms with Gasteiger partial charge in [-0.15, -0.1) is 0 Å². The molecule has 5 heterocycles. The van der Waals surface area contributed by atoms with Crippen LogP contribution in [-0.2, 0) is 54.5 Å². The van der Waals surface area contributed by atoms with Crippen LogP contribution in [0.25, 0.3) is 44.4 Å². The van der Waals surface area contributed by atoms with Gasteiger partial charge in [-0.1, -0.05) is 0 Å². The second-order valence-electron chi connectivity index (χ2n) is 13.1. The first-order chi connectivity index (χ1) is 25.5. The van der Waals surface area contributed by atoms with E-state index in [0.717, 1.165) is 0 Å². The molecule has 0 aliphatic carbocycles. The summed E-state index contributed by atoms with van der Waals surface area (Å²) in [7, 11) is 0. The smallest absolute Gasteiger partial charge is 0.307 e. The Bertz CT molecular complexity index is 2340. The highest BCUT2D eigenvalue weighted by Crippen LogP contribution is 2.38. The molecule has 0 saturated carbocycles. The van der Waals surface area contributed by atoms with Crippen LogP contribution in [-0.4, -0.2) is 86.4 Å². The summed E-state index contributed by atoms with van der Waals surface area (Å²) >= 11 is 0. The van der Waals surface area contributed by atoms with Crippen molar-refractivity contribution in [2.24, 2.45) is 0 Å². The van der Waals surface area contributed by atoms with Crippen LogP contribution in [0.5, 0.6) is 0 Å². The molecule has 0 unspecified atom stereocenters. The number of rotatable bonds is 16. The normalized spacial score (nSPS) is 12.6. The van der Waals surface area contributed by atoms with Crippen molar-refractivity contribution in [3.63, 3.8) is 0 Å². The number of nitrogens with zero attached hydrogens (tertiary/aromatic N) is 2. The maximum Gasteiger partial charge on any atom is 0.307 e. The fourth-order valence-electron chi connectivity index (χ4n) is 6.89. The largest absolute Gasteiger partial charge is 0.481 e. The maximum absolute atomic E-state index is 12.2. The van der Waals surface area contributed by atoms with Crippen LogP contribution in [0.3, 0.4) is 0 Å². The maximum atomic E-state index is 12.2. The quantitative estimate of drug-likeness (QED) is 0.0937. The van der Waals surface area contributed by atoms with Crippen molar-refractivity contribution < 1.29 is 59.4 Å². The minimum absolute atomic E-state index is 0.0704. The Morgan fingerprint density at radius 3 is 1.17 bits per heavy atom. The van der Waals surface area contributed by atoms with Gasteiger partial charge >= 0.3 is 35.8 Å². The van der Waals surface area contributed by atoms with Crippen molar-refractivity contribution >= 4 is 80.2 Å². The first-order valence-electron chi connectivity index (χ1n) is 17.0. The third-order valence-corrected chi connectivity index (χ3v) is 9.48. The lowest BCUT2D eigenvalue weighted by Gasteiger charge is -2.04. The zero-order chi connectivity index (χ0) is 39.4. The van der Waals surface area contributed by atoms with Gasteiger partial charge in [0.15, 0.2) is 0 Å². The Morgan fingerprint density at radius 1 is 0.444 bits per heavy atom. The van der Waals surface area contributed by atoms with Crippen molar-refractivity contribution in [1.29, 1.82) is 0 Å². The minimum Gasteiger partial charge on any atom is -0.481 e. The number of aromatic amines is 2. The Labute approximate surface area is 306 Å². The molecule has 54 heavy (non-hydrogen) atoms. The highest BCUT2D eigenvalue weighted by molar-refractivity contribution is 5.97. The third kappa shape index (κ3) is 8.71. The zero-order valence-corrected chi connectivity index (χ0v) is 29.4. The first kappa shape index (κ1) is 38.6. The van der Waals surface area contributed by atoms with Crippen molar-refractivity contribution in [2.75, 3.05) is 0 Å². The topological polar surface area (TPSA) is 281 Å². The van der Waals surface area contributed by atoms with E-state index in [4.69, 9.17) is 9.97 Å². The molecule has 8 N–H and O–H groups in total. The average molecular weight is 743 g/mol. The monoisotopic (exact) mass is 742 g/mol. The number of aliphatic carboxylic acids is 6. The molecule has 282 valence electrons. The summed E-state index contributed by atoms with van der Waals surface area (Å²) in [6.07, 6.45) is -2.25. The first-order valence-corrected chi connectivity index (χ1v) is 17.0. The molecule has 5 rings (SSSR count). The second-order valence-corrected chi connectivity index (χ2v) is 13.1. The van der Waals surface area contributed by atoms with Gasteiger partial charge in [0.1, 0.15) is 0 Å². The van der Waals surface area contributed by atoms with E-state index in [1.54, 1.807) is 32.0 Å². The molecule has 2 aliphatic rings. The van der Waals surface area contributed by atoms with Gasteiger partial charge in [0.2, 0.25) is 0 Å². The van der Waals surface area contributed by atoms with Gasteiger partial charge in [0, 0.05) is 47.8 Å². The van der Waals surface area contributed by atoms with E-state index in [-0.39, 0.29) is 73.5 Å². The lowest BCUT2D eigenvalue weighted by atomic mass is 9.98. The Kier molecular flexibility index (Phi) is 11.4. The molecular formula is C38H38N4O12. The number of carbonyl (C=O) groups is 6. The highest BCUT2D eigenvalue weighted by atomic mass is 16.4. The summed E-state index contributed by atoms with van der Waals surface area (Å²) in [4.78, 5) is 87.3.